The fourth-order valence-corrected chi connectivity index (χ4v) is 8.48. The molecule has 7 rings (SSSR count). The molecule has 15 heteroatoms. The second-order valence-electron chi connectivity index (χ2n) is 14.4. The van der Waals surface area contributed by atoms with Crippen LogP contribution in [0.2, 0.25) is 10.0 Å². The summed E-state index contributed by atoms with van der Waals surface area (Å²) in [7, 11) is 1.56. The van der Waals surface area contributed by atoms with E-state index < -0.39 is 17.4 Å². The summed E-state index contributed by atoms with van der Waals surface area (Å²) in [4.78, 5) is 49.4. The zero-order valence-corrected chi connectivity index (χ0v) is 31.0. The number of aromatic nitrogens is 1. The van der Waals surface area contributed by atoms with E-state index in [1.165, 1.54) is 0 Å². The number of amides is 3. The van der Waals surface area contributed by atoms with E-state index in [0.29, 0.717) is 60.3 Å². The number of benzene rings is 2. The molecular weight excluding hydrogens is 719 g/mol. The Morgan fingerprint density at radius 1 is 0.943 bits per heavy atom. The molecule has 3 aromatic rings. The maximum Gasteiger partial charge on any atom is 0.318 e. The van der Waals surface area contributed by atoms with Gasteiger partial charge in [0.15, 0.2) is 0 Å². The van der Waals surface area contributed by atoms with Crippen molar-refractivity contribution in [2.75, 3.05) is 52.9 Å². The lowest BCUT2D eigenvalue weighted by Gasteiger charge is -2.44. The number of piperidine rings is 1. The van der Waals surface area contributed by atoms with Gasteiger partial charge in [0.1, 0.15) is 11.8 Å². The van der Waals surface area contributed by atoms with Crippen LogP contribution in [0.25, 0.3) is 0 Å². The normalized spacial score (nSPS) is 23.8. The first kappa shape index (κ1) is 36.8. The lowest BCUT2D eigenvalue weighted by Crippen LogP contribution is -2.56. The van der Waals surface area contributed by atoms with Crippen LogP contribution in [-0.4, -0.2) is 102 Å². The molecule has 3 atom stereocenters. The molecule has 1 aromatic heterocycles. The van der Waals surface area contributed by atoms with E-state index in [2.05, 4.69) is 30.6 Å². The van der Waals surface area contributed by atoms with Crippen LogP contribution in [0.3, 0.4) is 0 Å². The van der Waals surface area contributed by atoms with Crippen molar-refractivity contribution >= 4 is 47.3 Å². The highest BCUT2D eigenvalue weighted by Gasteiger charge is 2.44. The zero-order chi connectivity index (χ0) is 37.2. The summed E-state index contributed by atoms with van der Waals surface area (Å²) in [6.07, 6.45) is 8.41. The number of pyridine rings is 1. The van der Waals surface area contributed by atoms with Crippen molar-refractivity contribution in [2.45, 2.75) is 49.1 Å². The van der Waals surface area contributed by atoms with Crippen molar-refractivity contribution in [2.24, 2.45) is 21.4 Å². The number of methoxy groups -OCH3 is 1. The molecule has 2 N–H and O–H groups in total. The van der Waals surface area contributed by atoms with Gasteiger partial charge in [-0.3, -0.25) is 14.6 Å². The Kier molecular flexibility index (Phi) is 10.7. The summed E-state index contributed by atoms with van der Waals surface area (Å²) in [6.45, 7) is 3.87. The van der Waals surface area contributed by atoms with Crippen LogP contribution in [0.5, 0.6) is 5.75 Å². The van der Waals surface area contributed by atoms with Gasteiger partial charge >= 0.3 is 12.0 Å². The summed E-state index contributed by atoms with van der Waals surface area (Å²) in [5.41, 5.74) is 2.28. The Morgan fingerprint density at radius 3 is 2.42 bits per heavy atom. The monoisotopic (exact) mass is 760 g/mol. The van der Waals surface area contributed by atoms with E-state index in [9.17, 15) is 19.5 Å². The number of likely N-dealkylation sites (tertiary alicyclic amines) is 3. The maximum absolute atomic E-state index is 14.2. The van der Waals surface area contributed by atoms with E-state index in [0.717, 1.165) is 49.2 Å². The average molecular weight is 762 g/mol. The van der Waals surface area contributed by atoms with Gasteiger partial charge in [0, 0.05) is 57.1 Å². The average Bonchev–Trinajstić information content (AvgIpc) is 3.98. The number of aliphatic carboxylic acids is 1. The molecule has 0 aliphatic carbocycles. The van der Waals surface area contributed by atoms with Crippen LogP contribution in [0.15, 0.2) is 76.4 Å². The first-order valence-electron chi connectivity index (χ1n) is 17.9. The number of carbonyl (C=O) groups is 3. The Labute approximate surface area is 318 Å². The minimum absolute atomic E-state index is 0.124. The molecule has 13 nitrogen and oxygen atoms in total. The van der Waals surface area contributed by atoms with E-state index in [4.69, 9.17) is 27.9 Å². The van der Waals surface area contributed by atoms with Gasteiger partial charge in [0.05, 0.1) is 40.4 Å². The predicted molar refractivity (Wildman–Crippen MR) is 200 cm³/mol. The molecule has 53 heavy (non-hydrogen) atoms. The SMILES string of the molecule is COc1ccc(C2C=NN=N2)cc1C(=O)N1CCC(CCN2CCC(NC(=O)N3CCC(C(=O)O)C3)(c3ccncc3)CC2)(c2ccc(Cl)c(Cl)c2)C1. The summed E-state index contributed by atoms with van der Waals surface area (Å²) in [6, 6.07) is 14.5. The second kappa shape index (κ2) is 15.4. The molecule has 0 bridgehead atoms. The zero-order valence-electron chi connectivity index (χ0n) is 29.5. The van der Waals surface area contributed by atoms with Crippen LogP contribution in [0.4, 0.5) is 4.79 Å². The molecule has 3 amide bonds. The fourth-order valence-electron chi connectivity index (χ4n) is 8.18. The maximum atomic E-state index is 14.2. The minimum atomic E-state index is -0.873. The number of nitrogens with one attached hydrogen (secondary N) is 1. The van der Waals surface area contributed by atoms with Crippen LogP contribution in [-0.2, 0) is 15.7 Å². The highest BCUT2D eigenvalue weighted by Crippen LogP contribution is 2.42. The summed E-state index contributed by atoms with van der Waals surface area (Å²) in [5, 5.41) is 25.5. The number of carbonyl (C=O) groups excluding carboxylic acids is 2. The standard InChI is InChI=1S/C38H42Cl2N8O5/c1-53-33-5-2-25(32-22-42-45-44-32)20-29(33)34(49)48-19-10-37(24-48,28-3-4-30(39)31(40)21-28)9-16-46-17-11-38(12-18-46,27-6-13-41-14-7-27)43-36(52)47-15-8-26(23-47)35(50)51/h2-7,13-14,20-22,26,32H,8-12,15-19,23-24H2,1H3,(H,43,52)(H,50,51). The Hall–Kier alpha value is -4.59. The molecule has 3 saturated heterocycles. The smallest absolute Gasteiger partial charge is 0.318 e. The van der Waals surface area contributed by atoms with E-state index in [-0.39, 0.29) is 29.9 Å². The van der Waals surface area contributed by atoms with Crippen molar-refractivity contribution in [3.05, 3.63) is 93.2 Å². The molecule has 0 saturated carbocycles. The number of carboxylic acid groups (broad SMARTS) is 1. The van der Waals surface area contributed by atoms with Crippen LogP contribution >= 0.6 is 23.2 Å². The van der Waals surface area contributed by atoms with Gasteiger partial charge in [-0.25, -0.2) is 4.79 Å². The third-order valence-electron chi connectivity index (χ3n) is 11.4. The van der Waals surface area contributed by atoms with Gasteiger partial charge in [-0.2, -0.15) is 5.11 Å². The van der Waals surface area contributed by atoms with Gasteiger partial charge in [0.2, 0.25) is 0 Å². The number of rotatable bonds is 10. The van der Waals surface area contributed by atoms with Crippen molar-refractivity contribution in [3.63, 3.8) is 0 Å². The summed E-state index contributed by atoms with van der Waals surface area (Å²) in [5.74, 6) is -1.05. The summed E-state index contributed by atoms with van der Waals surface area (Å²) < 4.78 is 5.62. The molecule has 4 aliphatic rings. The highest BCUT2D eigenvalue weighted by atomic mass is 35.5. The quantitative estimate of drug-likeness (QED) is 0.251. The summed E-state index contributed by atoms with van der Waals surface area (Å²) >= 11 is 12.9. The largest absolute Gasteiger partial charge is 0.496 e. The third-order valence-corrected chi connectivity index (χ3v) is 12.2. The van der Waals surface area contributed by atoms with Gasteiger partial charge in [0.25, 0.3) is 5.91 Å². The fraction of sp³-hybridized carbons (Fsp3) is 0.447. The molecule has 0 radical (unpaired) electrons. The molecule has 3 unspecified atom stereocenters. The number of ether oxygens (including phenoxy) is 1. The Morgan fingerprint density at radius 2 is 1.74 bits per heavy atom. The Bertz CT molecular complexity index is 1910. The molecule has 3 fully saturated rings. The van der Waals surface area contributed by atoms with Gasteiger partial charge < -0.3 is 29.9 Å². The molecule has 0 spiro atoms. The van der Waals surface area contributed by atoms with Crippen molar-refractivity contribution < 1.29 is 24.2 Å². The van der Waals surface area contributed by atoms with Crippen molar-refractivity contribution in [1.29, 1.82) is 0 Å². The number of nitrogens with zero attached hydrogens (tertiary/aromatic N) is 7. The van der Waals surface area contributed by atoms with Gasteiger partial charge in [-0.15, -0.1) is 5.10 Å². The van der Waals surface area contributed by atoms with Crippen molar-refractivity contribution in [3.8, 4) is 5.75 Å². The van der Waals surface area contributed by atoms with E-state index >= 15 is 0 Å². The topological polar surface area (TPSA) is 152 Å². The Balaban J connectivity index is 1.08. The molecule has 2 aromatic carbocycles. The highest BCUT2D eigenvalue weighted by molar-refractivity contribution is 6.42. The number of carboxylic acids is 1. The molecular formula is C38H42Cl2N8O5. The van der Waals surface area contributed by atoms with Crippen LogP contribution < -0.4 is 10.1 Å². The molecule has 278 valence electrons. The number of halogens is 2. The second-order valence-corrected chi connectivity index (χ2v) is 15.2. The predicted octanol–water partition coefficient (Wildman–Crippen LogP) is 6.17. The van der Waals surface area contributed by atoms with Gasteiger partial charge in [-0.1, -0.05) is 35.3 Å². The molecule has 5 heterocycles. The lowest BCUT2D eigenvalue weighted by molar-refractivity contribution is -0.141. The number of hydrogen-bond donors (Lipinski definition) is 2. The van der Waals surface area contributed by atoms with Crippen LogP contribution in [0.1, 0.15) is 65.2 Å². The third kappa shape index (κ3) is 7.60. The van der Waals surface area contributed by atoms with Crippen LogP contribution in [0, 0.1) is 5.92 Å². The first-order valence-corrected chi connectivity index (χ1v) is 18.6. The minimum Gasteiger partial charge on any atom is -0.496 e. The van der Waals surface area contributed by atoms with E-state index in [1.54, 1.807) is 36.7 Å². The number of hydrogen-bond acceptors (Lipinski definition) is 9. The number of urea groups is 1. The first-order chi connectivity index (χ1) is 25.6. The van der Waals surface area contributed by atoms with E-state index in [1.807, 2.05) is 47.4 Å². The lowest BCUT2D eigenvalue weighted by atomic mass is 9.76. The van der Waals surface area contributed by atoms with Crippen molar-refractivity contribution in [1.82, 2.24) is 25.0 Å². The molecule has 4 aliphatic heterocycles. The van der Waals surface area contributed by atoms with Gasteiger partial charge in [-0.05, 0) is 97.0 Å².